The van der Waals surface area contributed by atoms with Crippen LogP contribution >= 0.6 is 0 Å². The second-order valence-corrected chi connectivity index (χ2v) is 11.6. The second kappa shape index (κ2) is 11.6. The molecule has 4 heterocycles. The van der Waals surface area contributed by atoms with Gasteiger partial charge in [0.05, 0.1) is 5.39 Å². The highest BCUT2D eigenvalue weighted by Crippen LogP contribution is 2.40. The van der Waals surface area contributed by atoms with Crippen molar-refractivity contribution >= 4 is 22.6 Å². The Morgan fingerprint density at radius 2 is 2.10 bits per heavy atom. The average molecular weight is 570 g/mol. The molecule has 2 aliphatic heterocycles. The van der Waals surface area contributed by atoms with Crippen LogP contribution in [0.15, 0.2) is 37.1 Å². The van der Waals surface area contributed by atoms with Gasteiger partial charge < -0.3 is 24.3 Å². The Balaban J connectivity index is 1.42. The van der Waals surface area contributed by atoms with E-state index in [0.29, 0.717) is 43.4 Å². The van der Waals surface area contributed by atoms with Crippen LogP contribution in [0.4, 0.5) is 10.2 Å². The third-order valence-corrected chi connectivity index (χ3v) is 9.09. The van der Waals surface area contributed by atoms with Crippen molar-refractivity contribution in [2.24, 2.45) is 0 Å². The smallest absolute Gasteiger partial charge is 0.319 e. The fraction of sp³-hybridized carbons (Fsp3) is 0.469. The molecule has 3 atom stereocenters. The Labute approximate surface area is 245 Å². The fourth-order valence-electron chi connectivity index (χ4n) is 6.68. The zero-order valence-electron chi connectivity index (χ0n) is 24.2. The standard InChI is InChI=1S/C32H36FN7O2/c1-5-27(41)40-15-14-39(18-22(40)16-34-3)31-26-17-35-29(25-10-6-9-23-20(2)11-12-24(23)25)28(33)30(26)36-32(37-31)42-19-21-8-7-13-38(21)4/h5-6,9-10,17,20-22H,1,7-8,11-16,18-19H2,2,4H3/t20?,21-,22-/m0/s1. The van der Waals surface area contributed by atoms with E-state index in [0.717, 1.165) is 43.4 Å². The number of rotatable bonds is 7. The number of anilines is 1. The number of piperazine rings is 1. The first-order chi connectivity index (χ1) is 20.4. The summed E-state index contributed by atoms with van der Waals surface area (Å²) in [5.74, 6) is 0.231. The van der Waals surface area contributed by atoms with Crippen molar-refractivity contribution in [3.05, 3.63) is 65.4 Å². The first-order valence-electron chi connectivity index (χ1n) is 14.7. The maximum absolute atomic E-state index is 16.5. The molecule has 2 saturated heterocycles. The number of hydrogen-bond donors (Lipinski definition) is 0. The van der Waals surface area contributed by atoms with Crippen LogP contribution in [0, 0.1) is 12.4 Å². The number of aromatic nitrogens is 3. The largest absolute Gasteiger partial charge is 0.462 e. The molecule has 1 amide bonds. The summed E-state index contributed by atoms with van der Waals surface area (Å²) in [4.78, 5) is 36.0. The Bertz CT molecular complexity index is 1570. The maximum Gasteiger partial charge on any atom is 0.319 e. The van der Waals surface area contributed by atoms with Crippen molar-refractivity contribution in [2.75, 3.05) is 51.3 Å². The van der Waals surface area contributed by atoms with E-state index in [9.17, 15) is 4.79 Å². The minimum Gasteiger partial charge on any atom is -0.462 e. The number of likely N-dealkylation sites (N-methyl/N-ethyl adjacent to an activating group) is 1. The molecule has 2 aromatic heterocycles. The van der Waals surface area contributed by atoms with Crippen molar-refractivity contribution in [1.82, 2.24) is 24.8 Å². The molecular weight excluding hydrogens is 533 g/mol. The van der Waals surface area contributed by atoms with E-state index < -0.39 is 5.82 Å². The quantitative estimate of drug-likeness (QED) is 0.307. The Hall–Kier alpha value is -4.10. The Morgan fingerprint density at radius 3 is 2.86 bits per heavy atom. The number of benzene rings is 1. The summed E-state index contributed by atoms with van der Waals surface area (Å²) in [7, 11) is 2.08. The van der Waals surface area contributed by atoms with Crippen LogP contribution < -0.4 is 9.64 Å². The Morgan fingerprint density at radius 1 is 1.24 bits per heavy atom. The summed E-state index contributed by atoms with van der Waals surface area (Å²) in [6, 6.07) is 6.05. The van der Waals surface area contributed by atoms with Crippen LogP contribution in [0.2, 0.25) is 0 Å². The van der Waals surface area contributed by atoms with Gasteiger partial charge in [-0.05, 0) is 62.4 Å². The highest BCUT2D eigenvalue weighted by Gasteiger charge is 2.34. The number of hydrogen-bond acceptors (Lipinski definition) is 7. The summed E-state index contributed by atoms with van der Waals surface area (Å²) >= 11 is 0. The van der Waals surface area contributed by atoms with E-state index in [1.807, 2.05) is 17.0 Å². The van der Waals surface area contributed by atoms with Crippen LogP contribution in [0.3, 0.4) is 0 Å². The molecule has 1 aliphatic carbocycles. The molecule has 2 fully saturated rings. The molecule has 9 nitrogen and oxygen atoms in total. The summed E-state index contributed by atoms with van der Waals surface area (Å²) in [6.45, 7) is 16.0. The molecule has 3 aromatic rings. The van der Waals surface area contributed by atoms with Gasteiger partial charge in [0.25, 0.3) is 0 Å². The van der Waals surface area contributed by atoms with E-state index >= 15 is 4.39 Å². The van der Waals surface area contributed by atoms with Crippen molar-refractivity contribution in [2.45, 2.75) is 50.6 Å². The second-order valence-electron chi connectivity index (χ2n) is 11.6. The van der Waals surface area contributed by atoms with Crippen LogP contribution in [-0.4, -0.2) is 89.1 Å². The van der Waals surface area contributed by atoms with Gasteiger partial charge in [-0.3, -0.25) is 9.78 Å². The topological polar surface area (TPSA) is 79.1 Å². The van der Waals surface area contributed by atoms with E-state index in [-0.39, 0.29) is 41.8 Å². The average Bonchev–Trinajstić information content (AvgIpc) is 3.60. The van der Waals surface area contributed by atoms with Gasteiger partial charge in [-0.25, -0.2) is 11.0 Å². The van der Waals surface area contributed by atoms with E-state index in [1.165, 1.54) is 11.6 Å². The number of amides is 1. The van der Waals surface area contributed by atoms with Gasteiger partial charge in [0.1, 0.15) is 29.7 Å². The molecule has 0 N–H and O–H groups in total. The summed E-state index contributed by atoms with van der Waals surface area (Å²) in [5, 5.41) is 0.479. The van der Waals surface area contributed by atoms with E-state index in [1.54, 1.807) is 11.1 Å². The number of nitrogens with zero attached hydrogens (tertiary/aromatic N) is 7. The monoisotopic (exact) mass is 569 g/mol. The van der Waals surface area contributed by atoms with Crippen molar-refractivity contribution in [3.63, 3.8) is 0 Å². The van der Waals surface area contributed by atoms with Crippen LogP contribution in [0.25, 0.3) is 27.0 Å². The third kappa shape index (κ3) is 5.07. The first-order valence-corrected chi connectivity index (χ1v) is 14.7. The number of fused-ring (bicyclic) bond motifs is 2. The minimum atomic E-state index is -0.495. The van der Waals surface area contributed by atoms with Gasteiger partial charge in [-0.1, -0.05) is 31.7 Å². The lowest BCUT2D eigenvalue weighted by Gasteiger charge is -2.39. The molecule has 0 spiro atoms. The van der Waals surface area contributed by atoms with Crippen LogP contribution in [-0.2, 0) is 11.2 Å². The zero-order valence-corrected chi connectivity index (χ0v) is 24.2. The lowest BCUT2D eigenvalue weighted by Crippen LogP contribution is -2.56. The summed E-state index contributed by atoms with van der Waals surface area (Å²) in [6.07, 6.45) is 6.98. The molecule has 0 bridgehead atoms. The number of pyridine rings is 1. The van der Waals surface area contributed by atoms with Crippen molar-refractivity contribution in [1.29, 1.82) is 0 Å². The highest BCUT2D eigenvalue weighted by atomic mass is 19.1. The fourth-order valence-corrected chi connectivity index (χ4v) is 6.68. The van der Waals surface area contributed by atoms with Crippen molar-refractivity contribution < 1.29 is 13.9 Å². The summed E-state index contributed by atoms with van der Waals surface area (Å²) < 4.78 is 22.7. The molecule has 1 aromatic carbocycles. The van der Waals surface area contributed by atoms with Gasteiger partial charge in [0, 0.05) is 37.4 Å². The predicted octanol–water partition coefficient (Wildman–Crippen LogP) is 4.48. The molecule has 3 aliphatic rings. The minimum absolute atomic E-state index is 0.118. The lowest BCUT2D eigenvalue weighted by molar-refractivity contribution is -0.128. The maximum atomic E-state index is 16.5. The predicted molar refractivity (Wildman–Crippen MR) is 160 cm³/mol. The van der Waals surface area contributed by atoms with Gasteiger partial charge in [0.2, 0.25) is 12.5 Å². The van der Waals surface area contributed by atoms with Crippen LogP contribution in [0.5, 0.6) is 6.01 Å². The van der Waals surface area contributed by atoms with E-state index in [4.69, 9.17) is 16.3 Å². The third-order valence-electron chi connectivity index (χ3n) is 9.09. The zero-order chi connectivity index (χ0) is 29.4. The Kier molecular flexibility index (Phi) is 7.78. The normalized spacial score (nSPS) is 22.3. The molecule has 218 valence electrons. The van der Waals surface area contributed by atoms with Crippen LogP contribution in [0.1, 0.15) is 43.2 Å². The lowest BCUT2D eigenvalue weighted by atomic mass is 9.97. The SMILES string of the molecule is [C-]#[N+]C[C@H]1CN(c2nc(OC[C@@H]3CCCN3C)nc3c(F)c(-c4cccc5c4CCC5C)ncc23)CCN1C(=O)C=C. The van der Waals surface area contributed by atoms with Gasteiger partial charge >= 0.3 is 6.01 Å². The molecule has 10 heteroatoms. The number of likely N-dealkylation sites (tertiary alicyclic amines) is 1. The first kappa shape index (κ1) is 28.0. The molecule has 0 radical (unpaired) electrons. The van der Waals surface area contributed by atoms with E-state index in [2.05, 4.69) is 46.3 Å². The molecule has 42 heavy (non-hydrogen) atoms. The van der Waals surface area contributed by atoms with Gasteiger partial charge in [0.15, 0.2) is 5.82 Å². The van der Waals surface area contributed by atoms with Gasteiger partial charge in [-0.2, -0.15) is 9.97 Å². The summed E-state index contributed by atoms with van der Waals surface area (Å²) in [5.41, 5.74) is 3.65. The molecule has 6 rings (SSSR count). The number of ether oxygens (including phenoxy) is 1. The molecule has 1 unspecified atom stereocenters. The number of carbonyl (C=O) groups is 1. The number of carbonyl (C=O) groups excluding carboxylic acids is 1. The van der Waals surface area contributed by atoms with Gasteiger partial charge in [-0.15, -0.1) is 0 Å². The number of halogens is 1. The molecular formula is C32H36FN7O2. The highest BCUT2D eigenvalue weighted by molar-refractivity contribution is 5.93. The molecule has 0 saturated carbocycles. The van der Waals surface area contributed by atoms with Crippen molar-refractivity contribution in [3.8, 4) is 17.3 Å².